The zero-order valence-corrected chi connectivity index (χ0v) is 23.1. The molecule has 0 spiro atoms. The van der Waals surface area contributed by atoms with Crippen LogP contribution in [0.5, 0.6) is 11.5 Å². The Kier molecular flexibility index (Phi) is 7.14. The van der Waals surface area contributed by atoms with Gasteiger partial charge in [-0.05, 0) is 102 Å². The smallest absolute Gasteiger partial charge is 0.343 e. The highest BCUT2D eigenvalue weighted by Gasteiger charge is 2.28. The molecule has 2 aromatic heterocycles. The molecule has 0 saturated heterocycles. The molecule has 0 amide bonds. The second-order valence-corrected chi connectivity index (χ2v) is 11.7. The molecule has 0 aliphatic carbocycles. The summed E-state index contributed by atoms with van der Waals surface area (Å²) in [6.45, 7) is 11.2. The summed E-state index contributed by atoms with van der Waals surface area (Å²) in [6, 6.07) is 18.2. The number of esters is 1. The van der Waals surface area contributed by atoms with Crippen molar-refractivity contribution in [2.24, 2.45) is 5.41 Å². The Balaban J connectivity index is 1.63. The average molecular weight is 550 g/mol. The van der Waals surface area contributed by atoms with Crippen molar-refractivity contribution in [2.45, 2.75) is 46.6 Å². The molecule has 1 N–H and O–H groups in total. The van der Waals surface area contributed by atoms with Crippen LogP contribution in [0, 0.1) is 5.41 Å². The lowest BCUT2D eigenvalue weighted by molar-refractivity contribution is 0.0734. The molecule has 4 aromatic rings. The van der Waals surface area contributed by atoms with Crippen LogP contribution in [0.3, 0.4) is 0 Å². The molecular weight excluding hydrogens is 518 g/mol. The van der Waals surface area contributed by atoms with Gasteiger partial charge in [-0.15, -0.1) is 0 Å². The Hall–Kier alpha value is -3.32. The Bertz CT molecular complexity index is 1370. The van der Waals surface area contributed by atoms with Crippen molar-refractivity contribution >= 4 is 33.4 Å². The predicted molar refractivity (Wildman–Crippen MR) is 148 cm³/mol. The molecule has 0 bridgehead atoms. The number of rotatable bonds is 7. The molecule has 0 unspecified atom stereocenters. The first kappa shape index (κ1) is 25.8. The summed E-state index contributed by atoms with van der Waals surface area (Å²) in [5, 5.41) is 3.75. The number of pyridine rings is 1. The van der Waals surface area contributed by atoms with E-state index in [2.05, 4.69) is 60.3 Å². The third-order valence-corrected chi connectivity index (χ3v) is 6.14. The molecule has 0 aliphatic rings. The van der Waals surface area contributed by atoms with Gasteiger partial charge in [-0.1, -0.05) is 20.8 Å². The highest BCUT2D eigenvalue weighted by Crippen LogP contribution is 2.36. The monoisotopic (exact) mass is 549 g/mol. The Morgan fingerprint density at radius 3 is 2.19 bits per heavy atom. The molecular formula is C29H32BrN3O3. The van der Waals surface area contributed by atoms with Gasteiger partial charge in [0.05, 0.1) is 12.7 Å². The molecule has 36 heavy (non-hydrogen) atoms. The summed E-state index contributed by atoms with van der Waals surface area (Å²) in [7, 11) is 1.59. The third kappa shape index (κ3) is 6.08. The lowest BCUT2D eigenvalue weighted by Crippen LogP contribution is -2.36. The lowest BCUT2D eigenvalue weighted by atomic mass is 9.82. The van der Waals surface area contributed by atoms with Crippen LogP contribution in [-0.2, 0) is 0 Å². The molecule has 0 radical (unpaired) electrons. The number of nitrogens with zero attached hydrogens (tertiary/aromatic N) is 2. The van der Waals surface area contributed by atoms with Gasteiger partial charge in [-0.2, -0.15) is 0 Å². The molecule has 188 valence electrons. The zero-order valence-electron chi connectivity index (χ0n) is 21.6. The molecule has 7 heteroatoms. The number of ether oxygens (including phenoxy) is 2. The minimum absolute atomic E-state index is 0.160. The van der Waals surface area contributed by atoms with Crippen molar-refractivity contribution in [1.29, 1.82) is 0 Å². The number of hydrogen-bond acceptors (Lipinski definition) is 5. The number of halogens is 1. The molecule has 2 aromatic carbocycles. The van der Waals surface area contributed by atoms with Crippen LogP contribution >= 0.6 is 15.9 Å². The van der Waals surface area contributed by atoms with Crippen molar-refractivity contribution in [1.82, 2.24) is 9.38 Å². The van der Waals surface area contributed by atoms with E-state index in [4.69, 9.17) is 14.5 Å². The number of fused-ring (bicyclic) bond motifs is 1. The van der Waals surface area contributed by atoms with E-state index in [0.717, 1.165) is 33.6 Å². The van der Waals surface area contributed by atoms with Crippen molar-refractivity contribution in [2.75, 3.05) is 12.4 Å². The van der Waals surface area contributed by atoms with E-state index >= 15 is 0 Å². The molecule has 6 nitrogen and oxygen atoms in total. The molecule has 0 atom stereocenters. The first-order valence-electron chi connectivity index (χ1n) is 11.9. The maximum absolute atomic E-state index is 12.5. The van der Waals surface area contributed by atoms with Crippen LogP contribution in [0.15, 0.2) is 71.3 Å². The first-order chi connectivity index (χ1) is 16.9. The predicted octanol–water partition coefficient (Wildman–Crippen LogP) is 7.62. The fraction of sp³-hybridized carbons (Fsp3) is 0.310. The number of methoxy groups -OCH3 is 1. The van der Waals surface area contributed by atoms with Gasteiger partial charge >= 0.3 is 5.97 Å². The highest BCUT2D eigenvalue weighted by atomic mass is 79.9. The lowest BCUT2D eigenvalue weighted by Gasteiger charge is -2.34. The molecule has 0 aliphatic heterocycles. The van der Waals surface area contributed by atoms with E-state index in [1.54, 1.807) is 43.5 Å². The minimum atomic E-state index is -0.422. The van der Waals surface area contributed by atoms with Crippen LogP contribution in [0.4, 0.5) is 5.82 Å². The van der Waals surface area contributed by atoms with E-state index in [-0.39, 0.29) is 11.0 Å². The van der Waals surface area contributed by atoms with Crippen molar-refractivity contribution in [3.63, 3.8) is 0 Å². The number of carbonyl (C=O) groups is 1. The second kappa shape index (κ2) is 9.97. The zero-order chi connectivity index (χ0) is 26.1. The fourth-order valence-corrected chi connectivity index (χ4v) is 4.94. The molecule has 4 rings (SSSR count). The number of anilines is 1. The van der Waals surface area contributed by atoms with Crippen LogP contribution in [0.2, 0.25) is 0 Å². The summed E-state index contributed by atoms with van der Waals surface area (Å²) in [5.41, 5.74) is 3.05. The summed E-state index contributed by atoms with van der Waals surface area (Å²) in [4.78, 5) is 17.5. The average Bonchev–Trinajstić information content (AvgIpc) is 3.14. The van der Waals surface area contributed by atoms with Crippen molar-refractivity contribution in [3.8, 4) is 22.8 Å². The maximum atomic E-state index is 12.5. The summed E-state index contributed by atoms with van der Waals surface area (Å²) < 4.78 is 13.8. The summed E-state index contributed by atoms with van der Waals surface area (Å²) in [6.07, 6.45) is 2.99. The van der Waals surface area contributed by atoms with Gasteiger partial charge in [0.1, 0.15) is 28.7 Å². The largest absolute Gasteiger partial charge is 0.497 e. The van der Waals surface area contributed by atoms with Crippen LogP contribution < -0.4 is 14.8 Å². The Labute approximate surface area is 220 Å². The van der Waals surface area contributed by atoms with Gasteiger partial charge in [0.15, 0.2) is 0 Å². The van der Waals surface area contributed by atoms with E-state index in [1.165, 1.54) is 0 Å². The van der Waals surface area contributed by atoms with Gasteiger partial charge in [0.25, 0.3) is 0 Å². The van der Waals surface area contributed by atoms with E-state index in [1.807, 2.05) is 30.5 Å². The maximum Gasteiger partial charge on any atom is 0.343 e. The van der Waals surface area contributed by atoms with E-state index in [0.29, 0.717) is 17.1 Å². The van der Waals surface area contributed by atoms with Gasteiger partial charge in [-0.3, -0.25) is 4.40 Å². The van der Waals surface area contributed by atoms with Crippen LogP contribution in [0.25, 0.3) is 16.9 Å². The van der Waals surface area contributed by atoms with Gasteiger partial charge in [-0.25, -0.2) is 9.78 Å². The van der Waals surface area contributed by atoms with Gasteiger partial charge in [0, 0.05) is 21.8 Å². The van der Waals surface area contributed by atoms with E-state index < -0.39 is 5.97 Å². The van der Waals surface area contributed by atoms with Crippen molar-refractivity contribution < 1.29 is 14.3 Å². The molecule has 2 heterocycles. The normalized spacial score (nSPS) is 12.0. The van der Waals surface area contributed by atoms with Crippen LogP contribution in [0.1, 0.15) is 51.4 Å². The third-order valence-electron chi connectivity index (χ3n) is 5.68. The van der Waals surface area contributed by atoms with Gasteiger partial charge in [0.2, 0.25) is 0 Å². The number of imidazole rings is 1. The Morgan fingerprint density at radius 2 is 1.58 bits per heavy atom. The SMILES string of the molecule is COc1ccc(C(=O)Oc2ccc(-c3nc4ccc(Br)cn4c3NC(C)(C)CC(C)(C)C)cc2)cc1. The van der Waals surface area contributed by atoms with Gasteiger partial charge < -0.3 is 14.8 Å². The number of nitrogens with one attached hydrogen (secondary N) is 1. The summed E-state index contributed by atoms with van der Waals surface area (Å²) in [5.74, 6) is 1.65. The number of aromatic nitrogens is 2. The minimum Gasteiger partial charge on any atom is -0.497 e. The molecule has 0 saturated carbocycles. The van der Waals surface area contributed by atoms with Crippen molar-refractivity contribution in [3.05, 3.63) is 76.9 Å². The first-order valence-corrected chi connectivity index (χ1v) is 12.7. The number of benzene rings is 2. The highest BCUT2D eigenvalue weighted by molar-refractivity contribution is 9.10. The number of carbonyl (C=O) groups excluding carboxylic acids is 1. The number of hydrogen-bond donors (Lipinski definition) is 1. The second-order valence-electron chi connectivity index (χ2n) is 10.8. The fourth-order valence-electron chi connectivity index (χ4n) is 4.60. The standard InChI is InChI=1S/C29H32BrN3O3/c1-28(2,3)18-29(4,5)32-26-25(31-24-16-11-21(30)17-33(24)26)19-7-14-23(15-8-19)36-27(34)20-9-12-22(35-6)13-10-20/h7-17,32H,18H2,1-6H3. The van der Waals surface area contributed by atoms with Crippen LogP contribution in [-0.4, -0.2) is 28.0 Å². The topological polar surface area (TPSA) is 64.9 Å². The quantitative estimate of drug-likeness (QED) is 0.190. The summed E-state index contributed by atoms with van der Waals surface area (Å²) >= 11 is 3.59. The molecule has 0 fully saturated rings. The van der Waals surface area contributed by atoms with E-state index in [9.17, 15) is 4.79 Å². The Morgan fingerprint density at radius 1 is 0.944 bits per heavy atom.